The summed E-state index contributed by atoms with van der Waals surface area (Å²) >= 11 is 0. The number of nitrogens with zero attached hydrogens (tertiary/aromatic N) is 2. The summed E-state index contributed by atoms with van der Waals surface area (Å²) in [5, 5.41) is 2.96. The quantitative estimate of drug-likeness (QED) is 0.736. The van der Waals surface area contributed by atoms with Gasteiger partial charge in [-0.25, -0.2) is 8.42 Å². The number of aliphatic imine (C=N–C) groups is 1. The maximum atomic E-state index is 12.3. The molecule has 2 N–H and O–H groups in total. The molecule has 2 aromatic rings. The van der Waals surface area contributed by atoms with E-state index >= 15 is 0 Å². The number of hydrogen-bond donors (Lipinski definition) is 2. The second-order valence-electron chi connectivity index (χ2n) is 7.80. The first kappa shape index (κ1) is 20.6. The summed E-state index contributed by atoms with van der Waals surface area (Å²) in [7, 11) is -3.58. The Kier molecular flexibility index (Phi) is 6.15. The Bertz CT molecular complexity index is 1040. The Hall–Kier alpha value is -2.71. The fourth-order valence-electron chi connectivity index (χ4n) is 4.02. The van der Waals surface area contributed by atoms with E-state index in [9.17, 15) is 13.2 Å². The smallest absolute Gasteiger partial charge is 0.263 e. The predicted octanol–water partition coefficient (Wildman–Crippen LogP) is 1.75. The van der Waals surface area contributed by atoms with E-state index in [1.165, 1.54) is 11.6 Å². The zero-order chi connectivity index (χ0) is 21.0. The van der Waals surface area contributed by atoms with Crippen molar-refractivity contribution in [2.24, 2.45) is 10.9 Å². The molecule has 2 aromatic carbocycles. The molecule has 30 heavy (non-hydrogen) atoms. The zero-order valence-corrected chi connectivity index (χ0v) is 17.6. The largest absolute Gasteiger partial charge is 0.354 e. The Morgan fingerprint density at radius 3 is 2.73 bits per heavy atom. The summed E-state index contributed by atoms with van der Waals surface area (Å²) < 4.78 is 26.6. The average molecular weight is 427 g/mol. The van der Waals surface area contributed by atoms with E-state index in [1.807, 2.05) is 6.07 Å². The van der Waals surface area contributed by atoms with Gasteiger partial charge in [0.05, 0.1) is 4.90 Å². The van der Waals surface area contributed by atoms with E-state index in [0.717, 1.165) is 32.5 Å². The molecule has 0 aromatic heterocycles. The highest BCUT2D eigenvalue weighted by Crippen LogP contribution is 2.22. The average Bonchev–Trinajstić information content (AvgIpc) is 3.02. The first-order valence-corrected chi connectivity index (χ1v) is 11.7. The lowest BCUT2D eigenvalue weighted by Crippen LogP contribution is -2.41. The van der Waals surface area contributed by atoms with Gasteiger partial charge >= 0.3 is 0 Å². The number of amides is 1. The molecule has 1 amide bonds. The SMILES string of the molecule is O=C(CN=C1NS(=O)(=O)c2ccccc21)NCC1CCCN(Cc2ccccc2)C1. The van der Waals surface area contributed by atoms with Gasteiger partial charge in [0.25, 0.3) is 10.0 Å². The van der Waals surface area contributed by atoms with Crippen molar-refractivity contribution in [2.45, 2.75) is 24.3 Å². The molecule has 158 valence electrons. The Labute approximate surface area is 177 Å². The van der Waals surface area contributed by atoms with Crippen molar-refractivity contribution in [2.75, 3.05) is 26.2 Å². The van der Waals surface area contributed by atoms with Crippen molar-refractivity contribution in [1.82, 2.24) is 14.9 Å². The molecule has 2 aliphatic heterocycles. The summed E-state index contributed by atoms with van der Waals surface area (Å²) in [6, 6.07) is 17.1. The minimum atomic E-state index is -3.58. The minimum Gasteiger partial charge on any atom is -0.354 e. The van der Waals surface area contributed by atoms with Gasteiger partial charge in [0.15, 0.2) is 0 Å². The highest BCUT2D eigenvalue weighted by molar-refractivity contribution is 7.90. The standard InChI is InChI=1S/C22H26N4O3S/c27-21(14-24-22-19-10-4-5-11-20(19)30(28,29)25-22)23-13-18-9-6-12-26(16-18)15-17-7-2-1-3-8-17/h1-5,7-8,10-11,18H,6,9,12-16H2,(H,23,27)(H,24,25). The molecule has 0 saturated carbocycles. The maximum absolute atomic E-state index is 12.3. The second-order valence-corrected chi connectivity index (χ2v) is 9.45. The Balaban J connectivity index is 1.28. The molecule has 1 fully saturated rings. The number of sulfonamides is 1. The molecule has 0 spiro atoms. The third kappa shape index (κ3) is 4.88. The van der Waals surface area contributed by atoms with Gasteiger partial charge in [-0.05, 0) is 43.0 Å². The number of rotatable bonds is 6. The van der Waals surface area contributed by atoms with Gasteiger partial charge in [0, 0.05) is 25.2 Å². The van der Waals surface area contributed by atoms with E-state index in [1.54, 1.807) is 18.2 Å². The summed E-state index contributed by atoms with van der Waals surface area (Å²) in [5.41, 5.74) is 1.81. The number of carbonyl (C=O) groups is 1. The molecule has 1 atom stereocenters. The second kappa shape index (κ2) is 8.97. The van der Waals surface area contributed by atoms with Crippen molar-refractivity contribution in [3.05, 3.63) is 65.7 Å². The van der Waals surface area contributed by atoms with Gasteiger partial charge in [-0.1, -0.05) is 42.5 Å². The van der Waals surface area contributed by atoms with E-state index in [0.29, 0.717) is 18.0 Å². The van der Waals surface area contributed by atoms with Gasteiger partial charge < -0.3 is 5.32 Å². The van der Waals surface area contributed by atoms with E-state index in [-0.39, 0.29) is 23.2 Å². The van der Waals surface area contributed by atoms with Crippen molar-refractivity contribution in [1.29, 1.82) is 0 Å². The highest BCUT2D eigenvalue weighted by Gasteiger charge is 2.30. The monoisotopic (exact) mass is 426 g/mol. The molecule has 0 aliphatic carbocycles. The van der Waals surface area contributed by atoms with E-state index in [4.69, 9.17) is 0 Å². The van der Waals surface area contributed by atoms with Crippen LogP contribution in [-0.4, -0.2) is 51.2 Å². The first-order valence-electron chi connectivity index (χ1n) is 10.2. The molecular weight excluding hydrogens is 400 g/mol. The number of hydrogen-bond acceptors (Lipinski definition) is 5. The van der Waals surface area contributed by atoms with Crippen LogP contribution in [0.1, 0.15) is 24.0 Å². The van der Waals surface area contributed by atoms with Crippen LogP contribution in [0.4, 0.5) is 0 Å². The number of likely N-dealkylation sites (tertiary alicyclic amines) is 1. The van der Waals surface area contributed by atoms with Crippen LogP contribution in [0, 0.1) is 5.92 Å². The molecule has 8 heteroatoms. The van der Waals surface area contributed by atoms with Gasteiger partial charge in [-0.15, -0.1) is 0 Å². The lowest BCUT2D eigenvalue weighted by molar-refractivity contribution is -0.119. The summed E-state index contributed by atoms with van der Waals surface area (Å²) in [6.07, 6.45) is 2.21. The number of carbonyl (C=O) groups excluding carboxylic acids is 1. The molecule has 1 saturated heterocycles. The van der Waals surface area contributed by atoms with E-state index < -0.39 is 10.0 Å². The number of fused-ring (bicyclic) bond motifs is 1. The molecule has 0 radical (unpaired) electrons. The molecular formula is C22H26N4O3S. The van der Waals surface area contributed by atoms with Crippen LogP contribution in [0.15, 0.2) is 64.5 Å². The van der Waals surface area contributed by atoms with Crippen LogP contribution in [0.5, 0.6) is 0 Å². The molecule has 2 aliphatic rings. The number of benzene rings is 2. The van der Waals surface area contributed by atoms with Crippen molar-refractivity contribution < 1.29 is 13.2 Å². The van der Waals surface area contributed by atoms with Gasteiger partial charge in [-0.2, -0.15) is 0 Å². The van der Waals surface area contributed by atoms with Crippen molar-refractivity contribution in [3.63, 3.8) is 0 Å². The van der Waals surface area contributed by atoms with Crippen LogP contribution >= 0.6 is 0 Å². The predicted molar refractivity (Wildman–Crippen MR) is 116 cm³/mol. The fraction of sp³-hybridized carbons (Fsp3) is 0.364. The van der Waals surface area contributed by atoms with E-state index in [2.05, 4.69) is 44.2 Å². The van der Waals surface area contributed by atoms with Crippen molar-refractivity contribution >= 4 is 21.8 Å². The van der Waals surface area contributed by atoms with Crippen LogP contribution in [-0.2, 0) is 21.4 Å². The zero-order valence-electron chi connectivity index (χ0n) is 16.8. The lowest BCUT2D eigenvalue weighted by Gasteiger charge is -2.32. The molecule has 4 rings (SSSR count). The molecule has 0 bridgehead atoms. The summed E-state index contributed by atoms with van der Waals surface area (Å²) in [5.74, 6) is 0.434. The summed E-state index contributed by atoms with van der Waals surface area (Å²) in [4.78, 5) is 19.1. The number of nitrogens with one attached hydrogen (secondary N) is 2. The van der Waals surface area contributed by atoms with Crippen LogP contribution in [0.3, 0.4) is 0 Å². The maximum Gasteiger partial charge on any atom is 0.263 e. The van der Waals surface area contributed by atoms with Crippen LogP contribution in [0.25, 0.3) is 0 Å². The third-order valence-electron chi connectivity index (χ3n) is 5.48. The minimum absolute atomic E-state index is 0.105. The third-order valence-corrected chi connectivity index (χ3v) is 6.88. The summed E-state index contributed by atoms with van der Waals surface area (Å²) in [6.45, 7) is 3.46. The normalized spacial score (nSPS) is 21.7. The van der Waals surface area contributed by atoms with Gasteiger partial charge in [0.2, 0.25) is 5.91 Å². The van der Waals surface area contributed by atoms with Gasteiger partial charge in [0.1, 0.15) is 12.4 Å². The highest BCUT2D eigenvalue weighted by atomic mass is 32.2. The molecule has 2 heterocycles. The Morgan fingerprint density at radius 2 is 1.90 bits per heavy atom. The van der Waals surface area contributed by atoms with Crippen LogP contribution in [0.2, 0.25) is 0 Å². The van der Waals surface area contributed by atoms with Crippen LogP contribution < -0.4 is 10.0 Å². The number of piperidine rings is 1. The topological polar surface area (TPSA) is 90.9 Å². The Morgan fingerprint density at radius 1 is 1.13 bits per heavy atom. The number of amidine groups is 1. The van der Waals surface area contributed by atoms with Crippen molar-refractivity contribution in [3.8, 4) is 0 Å². The van der Waals surface area contributed by atoms with Gasteiger partial charge in [-0.3, -0.25) is 19.4 Å². The first-order chi connectivity index (χ1) is 14.5. The molecule has 7 nitrogen and oxygen atoms in total. The lowest BCUT2D eigenvalue weighted by atomic mass is 9.97. The molecule has 1 unspecified atom stereocenters. The fourth-order valence-corrected chi connectivity index (χ4v) is 5.27.